The summed E-state index contributed by atoms with van der Waals surface area (Å²) in [5.74, 6) is 0.387. The fraction of sp³-hybridized carbons (Fsp3) is 0.462. The lowest BCUT2D eigenvalue weighted by Gasteiger charge is -2.21. The molecule has 0 bridgehead atoms. The van der Waals surface area contributed by atoms with Crippen LogP contribution in [0.4, 0.5) is 8.78 Å². The normalized spacial score (nSPS) is 13.5. The van der Waals surface area contributed by atoms with E-state index in [1.807, 2.05) is 0 Å². The topological polar surface area (TPSA) is 74.0 Å². The number of rotatable bonds is 5. The van der Waals surface area contributed by atoms with Crippen molar-refractivity contribution in [1.82, 2.24) is 4.90 Å². The smallest absolute Gasteiger partial charge is 0.387 e. The van der Waals surface area contributed by atoms with E-state index in [-0.39, 0.29) is 37.4 Å². The number of carbonyl (C=O) groups excluding carboxylic acids is 1. The summed E-state index contributed by atoms with van der Waals surface area (Å²) in [6, 6.07) is 2.17. The lowest BCUT2D eigenvalue weighted by atomic mass is 10.1. The predicted octanol–water partition coefficient (Wildman–Crippen LogP) is 1.74. The van der Waals surface area contributed by atoms with Crippen LogP contribution in [0, 0.1) is 0 Å². The van der Waals surface area contributed by atoms with Crippen molar-refractivity contribution in [3.05, 3.63) is 17.7 Å². The van der Waals surface area contributed by atoms with Gasteiger partial charge < -0.3 is 24.8 Å². The minimum absolute atomic E-state index is 0. The Morgan fingerprint density at radius 1 is 1.41 bits per heavy atom. The van der Waals surface area contributed by atoms with E-state index in [2.05, 4.69) is 4.74 Å². The highest BCUT2D eigenvalue weighted by molar-refractivity contribution is 5.85. The molecular weight excluding hydrogens is 322 g/mol. The van der Waals surface area contributed by atoms with Crippen LogP contribution in [0.25, 0.3) is 0 Å². The summed E-state index contributed by atoms with van der Waals surface area (Å²) in [4.78, 5) is 13.1. The van der Waals surface area contributed by atoms with Gasteiger partial charge in [0.15, 0.2) is 11.5 Å². The van der Waals surface area contributed by atoms with Crippen LogP contribution in [0.1, 0.15) is 12.5 Å². The third-order valence-corrected chi connectivity index (χ3v) is 2.95. The SMILES string of the molecule is C[C@@H](N)C(=O)N(C)Cc1cc2c(cc1OC(F)F)OCO2.Cl. The molecule has 1 aromatic rings. The molecule has 0 unspecified atom stereocenters. The van der Waals surface area contributed by atoms with Crippen molar-refractivity contribution in [2.24, 2.45) is 5.73 Å². The van der Waals surface area contributed by atoms with E-state index in [1.54, 1.807) is 6.92 Å². The molecule has 0 radical (unpaired) electrons. The average Bonchev–Trinajstić information content (AvgIpc) is 2.84. The quantitative estimate of drug-likeness (QED) is 0.885. The highest BCUT2D eigenvalue weighted by Gasteiger charge is 2.22. The molecule has 1 atom stereocenters. The Morgan fingerprint density at radius 2 is 2.00 bits per heavy atom. The second-order valence-electron chi connectivity index (χ2n) is 4.67. The number of likely N-dealkylation sites (N-methyl/N-ethyl adjacent to an activating group) is 1. The molecule has 1 amide bonds. The third-order valence-electron chi connectivity index (χ3n) is 2.95. The van der Waals surface area contributed by atoms with Crippen LogP contribution in [0.15, 0.2) is 12.1 Å². The van der Waals surface area contributed by atoms with Crippen LogP contribution < -0.4 is 19.9 Å². The number of alkyl halides is 2. The summed E-state index contributed by atoms with van der Waals surface area (Å²) < 4.78 is 39.8. The first-order valence-electron chi connectivity index (χ1n) is 6.26. The fourth-order valence-electron chi connectivity index (χ4n) is 1.98. The molecule has 1 aliphatic rings. The standard InChI is InChI=1S/C13H16F2N2O4.ClH/c1-7(16)12(18)17(2)5-8-3-10-11(20-6-19-10)4-9(8)21-13(14)15;/h3-4,7,13H,5-6,16H2,1-2H3;1H/t7-;/m1./s1. The summed E-state index contributed by atoms with van der Waals surface area (Å²) in [6.45, 7) is -1.34. The van der Waals surface area contributed by atoms with Crippen LogP contribution >= 0.6 is 12.4 Å². The largest absolute Gasteiger partial charge is 0.454 e. The Balaban J connectivity index is 0.00000242. The molecule has 1 aliphatic heterocycles. The van der Waals surface area contributed by atoms with Crippen LogP contribution in [0.3, 0.4) is 0 Å². The van der Waals surface area contributed by atoms with E-state index in [9.17, 15) is 13.6 Å². The molecule has 2 rings (SSSR count). The first-order valence-corrected chi connectivity index (χ1v) is 6.26. The Morgan fingerprint density at radius 3 is 2.55 bits per heavy atom. The molecule has 0 saturated heterocycles. The van der Waals surface area contributed by atoms with Crippen molar-refractivity contribution >= 4 is 18.3 Å². The van der Waals surface area contributed by atoms with E-state index in [4.69, 9.17) is 15.2 Å². The van der Waals surface area contributed by atoms with E-state index < -0.39 is 12.7 Å². The van der Waals surface area contributed by atoms with Gasteiger partial charge in [-0.1, -0.05) is 0 Å². The van der Waals surface area contributed by atoms with E-state index in [1.165, 1.54) is 24.1 Å². The number of fused-ring (bicyclic) bond motifs is 1. The maximum absolute atomic E-state index is 12.5. The van der Waals surface area contributed by atoms with Gasteiger partial charge in [0.25, 0.3) is 0 Å². The van der Waals surface area contributed by atoms with Crippen molar-refractivity contribution < 1.29 is 27.8 Å². The lowest BCUT2D eigenvalue weighted by molar-refractivity contribution is -0.131. The number of hydrogen-bond donors (Lipinski definition) is 1. The number of halogens is 3. The summed E-state index contributed by atoms with van der Waals surface area (Å²) in [5, 5.41) is 0. The molecule has 0 saturated carbocycles. The molecular formula is C13H17ClF2N2O4. The number of carbonyl (C=O) groups is 1. The van der Waals surface area contributed by atoms with Crippen LogP contribution in [-0.4, -0.2) is 37.3 Å². The van der Waals surface area contributed by atoms with Crippen molar-refractivity contribution in [1.29, 1.82) is 0 Å². The zero-order valence-electron chi connectivity index (χ0n) is 12.0. The van der Waals surface area contributed by atoms with E-state index in [0.29, 0.717) is 17.1 Å². The monoisotopic (exact) mass is 338 g/mol. The molecule has 9 heteroatoms. The Kier molecular flexibility index (Phi) is 6.19. The van der Waals surface area contributed by atoms with E-state index in [0.717, 1.165) is 0 Å². The minimum atomic E-state index is -2.97. The second-order valence-corrected chi connectivity index (χ2v) is 4.67. The highest BCUT2D eigenvalue weighted by Crippen LogP contribution is 2.39. The van der Waals surface area contributed by atoms with Gasteiger partial charge in [-0.3, -0.25) is 4.79 Å². The molecule has 1 heterocycles. The van der Waals surface area contributed by atoms with Crippen molar-refractivity contribution in [3.8, 4) is 17.2 Å². The van der Waals surface area contributed by atoms with Crippen molar-refractivity contribution in [2.75, 3.05) is 13.8 Å². The number of nitrogens with zero attached hydrogens (tertiary/aromatic N) is 1. The van der Waals surface area contributed by atoms with Gasteiger partial charge in [0, 0.05) is 25.2 Å². The number of ether oxygens (including phenoxy) is 3. The number of amides is 1. The van der Waals surface area contributed by atoms with Gasteiger partial charge in [-0.15, -0.1) is 12.4 Å². The van der Waals surface area contributed by atoms with Gasteiger partial charge in [0.2, 0.25) is 12.7 Å². The zero-order valence-corrected chi connectivity index (χ0v) is 12.9. The molecule has 6 nitrogen and oxygen atoms in total. The maximum Gasteiger partial charge on any atom is 0.387 e. The lowest BCUT2D eigenvalue weighted by Crippen LogP contribution is -2.39. The average molecular weight is 339 g/mol. The summed E-state index contributed by atoms with van der Waals surface area (Å²) in [6.07, 6.45) is 0. The first kappa shape index (κ1) is 18.2. The highest BCUT2D eigenvalue weighted by atomic mass is 35.5. The Bertz CT molecular complexity index is 543. The first-order chi connectivity index (χ1) is 9.88. The Hall–Kier alpha value is -1.80. The van der Waals surface area contributed by atoms with Gasteiger partial charge in [-0.2, -0.15) is 8.78 Å². The number of benzene rings is 1. The number of hydrogen-bond acceptors (Lipinski definition) is 5. The maximum atomic E-state index is 12.5. The molecule has 0 fully saturated rings. The molecule has 0 aliphatic carbocycles. The van der Waals surface area contributed by atoms with Crippen LogP contribution in [0.2, 0.25) is 0 Å². The van der Waals surface area contributed by atoms with Gasteiger partial charge in [-0.25, -0.2) is 0 Å². The van der Waals surface area contributed by atoms with Gasteiger partial charge in [0.05, 0.1) is 6.04 Å². The molecule has 124 valence electrons. The molecule has 2 N–H and O–H groups in total. The van der Waals surface area contributed by atoms with Crippen molar-refractivity contribution in [2.45, 2.75) is 26.1 Å². The zero-order chi connectivity index (χ0) is 15.6. The fourth-order valence-corrected chi connectivity index (χ4v) is 1.98. The van der Waals surface area contributed by atoms with Gasteiger partial charge in [0.1, 0.15) is 5.75 Å². The summed E-state index contributed by atoms with van der Waals surface area (Å²) in [7, 11) is 1.53. The third kappa shape index (κ3) is 4.11. The minimum Gasteiger partial charge on any atom is -0.454 e. The van der Waals surface area contributed by atoms with Crippen molar-refractivity contribution in [3.63, 3.8) is 0 Å². The molecule has 0 aromatic heterocycles. The Labute approximate surface area is 132 Å². The van der Waals surface area contributed by atoms with Gasteiger partial charge in [-0.05, 0) is 13.0 Å². The predicted molar refractivity (Wildman–Crippen MR) is 76.6 cm³/mol. The van der Waals surface area contributed by atoms with Crippen LogP contribution in [-0.2, 0) is 11.3 Å². The molecule has 1 aromatic carbocycles. The summed E-state index contributed by atoms with van der Waals surface area (Å²) >= 11 is 0. The van der Waals surface area contributed by atoms with Crippen LogP contribution in [0.5, 0.6) is 17.2 Å². The molecule has 0 spiro atoms. The second kappa shape index (κ2) is 7.46. The van der Waals surface area contributed by atoms with Gasteiger partial charge >= 0.3 is 6.61 Å². The number of nitrogens with two attached hydrogens (primary N) is 1. The summed E-state index contributed by atoms with van der Waals surface area (Å²) in [5.41, 5.74) is 5.90. The molecule has 22 heavy (non-hydrogen) atoms. The van der Waals surface area contributed by atoms with E-state index >= 15 is 0 Å².